The Morgan fingerprint density at radius 3 is 2.30 bits per heavy atom. The predicted molar refractivity (Wildman–Crippen MR) is 118 cm³/mol. The van der Waals surface area contributed by atoms with Gasteiger partial charge in [-0.3, -0.25) is 0 Å². The van der Waals surface area contributed by atoms with Gasteiger partial charge in [0.1, 0.15) is 6.61 Å². The third-order valence-electron chi connectivity index (χ3n) is 7.18. The highest BCUT2D eigenvalue weighted by Crippen LogP contribution is 2.65. The molecule has 1 aliphatic heterocycles. The van der Waals surface area contributed by atoms with Crippen molar-refractivity contribution in [3.63, 3.8) is 0 Å². The van der Waals surface area contributed by atoms with Gasteiger partial charge >= 0.3 is 7.12 Å². The third kappa shape index (κ3) is 4.03. The summed E-state index contributed by atoms with van der Waals surface area (Å²) in [5.41, 5.74) is -0.588. The Hall–Kier alpha value is -1.12. The van der Waals surface area contributed by atoms with Crippen molar-refractivity contribution in [1.82, 2.24) is 0 Å². The quantitative estimate of drug-likeness (QED) is 0.430. The molecule has 3 fully saturated rings. The molecule has 166 valence electrons. The minimum atomic E-state index is -1.59. The average molecular weight is 438 g/mol. The highest BCUT2D eigenvalue weighted by molar-refractivity contribution is 6.56. The van der Waals surface area contributed by atoms with Crippen LogP contribution in [-0.2, 0) is 4.74 Å². The van der Waals surface area contributed by atoms with E-state index in [0.717, 1.165) is 24.8 Å². The number of aliphatic hydroxyl groups is 2. The predicted octanol–water partition coefficient (Wildman–Crippen LogP) is 2.84. The van der Waals surface area contributed by atoms with E-state index < -0.39 is 23.6 Å². The second-order valence-corrected chi connectivity index (χ2v) is 10.7. The molecular formula is C22H33BClNO5. The fourth-order valence-electron chi connectivity index (χ4n) is 4.87. The summed E-state index contributed by atoms with van der Waals surface area (Å²) >= 11 is 5.90. The molecule has 4 aliphatic rings. The Labute approximate surface area is 184 Å². The topological polar surface area (TPSA) is 103 Å². The smallest absolute Gasteiger partial charge is 0.475 e. The fraction of sp³-hybridized carbons (Fsp3) is 0.682. The molecule has 0 radical (unpaired) electrons. The van der Waals surface area contributed by atoms with Crippen molar-refractivity contribution in [2.24, 2.45) is 16.3 Å². The molecule has 5 rings (SSSR count). The molecule has 1 heterocycles. The van der Waals surface area contributed by atoms with Gasteiger partial charge in [0, 0.05) is 5.56 Å². The molecule has 0 spiro atoms. The van der Waals surface area contributed by atoms with E-state index >= 15 is 0 Å². The van der Waals surface area contributed by atoms with E-state index in [1.54, 1.807) is 25.1 Å². The maximum atomic E-state index is 10.2. The van der Waals surface area contributed by atoms with Gasteiger partial charge in [-0.25, -0.2) is 4.99 Å². The SMILES string of the molecule is CC1(C)COC(c2cccc([C@@H](Cl)B(O)O)c2)=N1.CC1(O)CCC2CC1(O)C2(C)C. The van der Waals surface area contributed by atoms with Gasteiger partial charge < -0.3 is 25.0 Å². The van der Waals surface area contributed by atoms with Gasteiger partial charge in [-0.05, 0) is 69.1 Å². The minimum Gasteiger partial charge on any atom is -0.475 e. The molecule has 0 amide bonds. The van der Waals surface area contributed by atoms with E-state index in [0.29, 0.717) is 24.0 Å². The van der Waals surface area contributed by atoms with Crippen LogP contribution in [-0.4, -0.2) is 56.6 Å². The molecule has 4 N–H and O–H groups in total. The van der Waals surface area contributed by atoms with Gasteiger partial charge in [0.05, 0.1) is 22.0 Å². The first-order valence-electron chi connectivity index (χ1n) is 10.5. The van der Waals surface area contributed by atoms with Crippen molar-refractivity contribution < 1.29 is 25.0 Å². The van der Waals surface area contributed by atoms with Crippen LogP contribution in [0, 0.1) is 11.3 Å². The second kappa shape index (κ2) is 7.78. The van der Waals surface area contributed by atoms with Crippen LogP contribution in [0.5, 0.6) is 0 Å². The van der Waals surface area contributed by atoms with E-state index in [2.05, 4.69) is 18.8 Å². The molecule has 30 heavy (non-hydrogen) atoms. The lowest BCUT2D eigenvalue weighted by Gasteiger charge is -2.68. The average Bonchev–Trinajstić information content (AvgIpc) is 3.03. The Morgan fingerprint density at radius 1 is 1.17 bits per heavy atom. The number of alkyl halides is 1. The Balaban J connectivity index is 0.000000184. The summed E-state index contributed by atoms with van der Waals surface area (Å²) in [5.74, 6) is 1.18. The van der Waals surface area contributed by atoms with Gasteiger partial charge in [-0.1, -0.05) is 26.0 Å². The van der Waals surface area contributed by atoms with Crippen LogP contribution in [0.2, 0.25) is 0 Å². The monoisotopic (exact) mass is 437 g/mol. The van der Waals surface area contributed by atoms with E-state index in [-0.39, 0.29) is 11.0 Å². The zero-order chi connectivity index (χ0) is 22.5. The van der Waals surface area contributed by atoms with Crippen molar-refractivity contribution in [3.8, 4) is 0 Å². The summed E-state index contributed by atoms with van der Waals surface area (Å²) in [6.07, 6.45) is 2.59. The zero-order valence-corrected chi connectivity index (χ0v) is 19.1. The molecule has 0 saturated heterocycles. The largest absolute Gasteiger partial charge is 0.475 e. The number of ether oxygens (including phenoxy) is 1. The Kier molecular flexibility index (Phi) is 6.11. The molecule has 8 heteroatoms. The molecule has 2 bridgehead atoms. The molecule has 1 aromatic rings. The van der Waals surface area contributed by atoms with Gasteiger partial charge in [-0.15, -0.1) is 11.6 Å². The number of rotatable bonds is 3. The molecule has 4 atom stereocenters. The lowest BCUT2D eigenvalue weighted by Crippen LogP contribution is -2.74. The van der Waals surface area contributed by atoms with Crippen LogP contribution in [0.15, 0.2) is 29.3 Å². The zero-order valence-electron chi connectivity index (χ0n) is 18.4. The second-order valence-electron chi connectivity index (χ2n) is 10.3. The van der Waals surface area contributed by atoms with Crippen molar-refractivity contribution in [3.05, 3.63) is 35.4 Å². The maximum absolute atomic E-state index is 10.2. The first-order chi connectivity index (χ1) is 13.7. The summed E-state index contributed by atoms with van der Waals surface area (Å²) < 4.78 is 5.53. The summed E-state index contributed by atoms with van der Waals surface area (Å²) in [5, 5.41) is 37.6. The van der Waals surface area contributed by atoms with Gasteiger partial charge in [0.2, 0.25) is 5.90 Å². The molecule has 3 saturated carbocycles. The van der Waals surface area contributed by atoms with Crippen LogP contribution in [0.4, 0.5) is 0 Å². The summed E-state index contributed by atoms with van der Waals surface area (Å²) in [7, 11) is -1.59. The van der Waals surface area contributed by atoms with Crippen molar-refractivity contribution in [2.45, 2.75) is 75.9 Å². The third-order valence-corrected chi connectivity index (χ3v) is 7.66. The standard InChI is InChI=1S/C12H15BClNO3.C10H18O2/c1-12(2)7-18-11(15-12)9-5-3-4-8(6-9)10(14)13(16)17;1-8(2)7-4-5-9(3,11)10(8,12)6-7/h3-6,10,16-17H,7H2,1-2H3;7,11-12H,4-6H2,1-3H3/t10-;/m1./s1. The fourth-order valence-corrected chi connectivity index (χ4v) is 5.00. The first-order valence-corrected chi connectivity index (χ1v) is 10.9. The maximum Gasteiger partial charge on any atom is 0.475 e. The lowest BCUT2D eigenvalue weighted by molar-refractivity contribution is -0.312. The van der Waals surface area contributed by atoms with Gasteiger partial charge in [-0.2, -0.15) is 0 Å². The number of fused-ring (bicyclic) bond motifs is 2. The number of hydrogen-bond acceptors (Lipinski definition) is 6. The molecule has 0 aromatic heterocycles. The number of nitrogens with zero attached hydrogens (tertiary/aromatic N) is 1. The van der Waals surface area contributed by atoms with Crippen LogP contribution >= 0.6 is 11.6 Å². The lowest BCUT2D eigenvalue weighted by atomic mass is 9.41. The van der Waals surface area contributed by atoms with E-state index in [1.165, 1.54) is 0 Å². The van der Waals surface area contributed by atoms with E-state index in [4.69, 9.17) is 26.4 Å². The molecule has 3 aliphatic carbocycles. The van der Waals surface area contributed by atoms with Crippen molar-refractivity contribution in [1.29, 1.82) is 0 Å². The highest BCUT2D eigenvalue weighted by Gasteiger charge is 2.69. The normalized spacial score (nSPS) is 33.9. The van der Waals surface area contributed by atoms with Crippen LogP contribution in [0.25, 0.3) is 0 Å². The van der Waals surface area contributed by atoms with Crippen molar-refractivity contribution in [2.75, 3.05) is 6.61 Å². The van der Waals surface area contributed by atoms with Gasteiger partial charge in [0.15, 0.2) is 0 Å². The molecule has 1 aromatic carbocycles. The van der Waals surface area contributed by atoms with Gasteiger partial charge in [0.25, 0.3) is 0 Å². The number of benzene rings is 1. The van der Waals surface area contributed by atoms with Crippen LogP contribution < -0.4 is 0 Å². The number of aliphatic imine (C=N–C) groups is 1. The summed E-state index contributed by atoms with van der Waals surface area (Å²) in [6.45, 7) is 10.4. The van der Waals surface area contributed by atoms with Crippen LogP contribution in [0.3, 0.4) is 0 Å². The minimum absolute atomic E-state index is 0.0885. The number of hydrogen-bond donors (Lipinski definition) is 4. The Morgan fingerprint density at radius 2 is 1.83 bits per heavy atom. The summed E-state index contributed by atoms with van der Waals surface area (Å²) in [4.78, 5) is 4.46. The summed E-state index contributed by atoms with van der Waals surface area (Å²) in [6, 6.07) is 7.15. The van der Waals surface area contributed by atoms with E-state index in [1.807, 2.05) is 19.9 Å². The van der Waals surface area contributed by atoms with Crippen molar-refractivity contribution >= 4 is 24.6 Å². The first kappa shape index (κ1) is 23.5. The Bertz CT molecular complexity index is 816. The highest BCUT2D eigenvalue weighted by atomic mass is 35.5. The molecule has 6 nitrogen and oxygen atoms in total. The molecular weight excluding hydrogens is 405 g/mol. The molecule has 3 unspecified atom stereocenters. The number of halogens is 1. The van der Waals surface area contributed by atoms with Crippen LogP contribution in [0.1, 0.15) is 70.3 Å². The van der Waals surface area contributed by atoms with E-state index in [9.17, 15) is 10.2 Å².